The Balaban J connectivity index is 3.06. The molecule has 0 unspecified atom stereocenters. The number of hydrogen-bond donors (Lipinski definition) is 1. The zero-order valence-electron chi connectivity index (χ0n) is 6.17. The molecule has 0 amide bonds. The number of halogens is 1. The van der Waals surface area contributed by atoms with Crippen LogP contribution in [0, 0.1) is 0 Å². The lowest BCUT2D eigenvalue weighted by Gasteiger charge is -2.04. The number of rotatable bonds is 2. The van der Waals surface area contributed by atoms with E-state index in [-0.39, 0.29) is 0 Å². The Morgan fingerprint density at radius 2 is 2.45 bits per heavy atom. The van der Waals surface area contributed by atoms with Gasteiger partial charge in [0, 0.05) is 18.8 Å². The van der Waals surface area contributed by atoms with Crippen LogP contribution in [0.15, 0.2) is 12.3 Å². The average molecular weight is 173 g/mol. The van der Waals surface area contributed by atoms with Gasteiger partial charge in [0.2, 0.25) is 0 Å². The minimum atomic E-state index is 0.361. The van der Waals surface area contributed by atoms with Gasteiger partial charge in [0.05, 0.1) is 17.8 Å². The van der Waals surface area contributed by atoms with E-state index in [0.29, 0.717) is 17.3 Å². The SMILES string of the molecule is COc1cc(Cl)cnc1CN. The van der Waals surface area contributed by atoms with Crippen LogP contribution >= 0.6 is 11.6 Å². The van der Waals surface area contributed by atoms with Crippen molar-refractivity contribution in [2.24, 2.45) is 5.73 Å². The highest BCUT2D eigenvalue weighted by atomic mass is 35.5. The second kappa shape index (κ2) is 3.55. The molecule has 11 heavy (non-hydrogen) atoms. The first-order chi connectivity index (χ1) is 5.27. The van der Waals surface area contributed by atoms with Gasteiger partial charge in [0.1, 0.15) is 5.75 Å². The highest BCUT2D eigenvalue weighted by Gasteiger charge is 2.01. The molecular formula is C7H9ClN2O. The molecule has 0 saturated heterocycles. The molecule has 1 aromatic heterocycles. The second-order valence-electron chi connectivity index (χ2n) is 2.01. The molecule has 1 heterocycles. The van der Waals surface area contributed by atoms with Gasteiger partial charge in [-0.3, -0.25) is 4.98 Å². The smallest absolute Gasteiger partial charge is 0.143 e. The summed E-state index contributed by atoms with van der Waals surface area (Å²) in [6.07, 6.45) is 1.55. The Morgan fingerprint density at radius 1 is 1.73 bits per heavy atom. The van der Waals surface area contributed by atoms with Gasteiger partial charge >= 0.3 is 0 Å². The molecule has 3 nitrogen and oxygen atoms in total. The molecule has 0 atom stereocenters. The van der Waals surface area contributed by atoms with Gasteiger partial charge in [-0.05, 0) is 0 Å². The van der Waals surface area contributed by atoms with Crippen molar-refractivity contribution in [3.8, 4) is 5.75 Å². The maximum atomic E-state index is 5.67. The van der Waals surface area contributed by atoms with Crippen molar-refractivity contribution in [1.82, 2.24) is 4.98 Å². The fourth-order valence-corrected chi connectivity index (χ4v) is 0.927. The van der Waals surface area contributed by atoms with Crippen molar-refractivity contribution in [2.45, 2.75) is 6.54 Å². The van der Waals surface area contributed by atoms with Gasteiger partial charge in [-0.1, -0.05) is 11.6 Å². The van der Waals surface area contributed by atoms with Crippen molar-refractivity contribution in [1.29, 1.82) is 0 Å². The predicted molar refractivity (Wildman–Crippen MR) is 43.7 cm³/mol. The van der Waals surface area contributed by atoms with Crippen LogP contribution in [0.2, 0.25) is 5.02 Å². The Bertz CT molecular complexity index is 252. The van der Waals surface area contributed by atoms with Gasteiger partial charge in [-0.15, -0.1) is 0 Å². The number of ether oxygens (including phenoxy) is 1. The summed E-state index contributed by atoms with van der Waals surface area (Å²) in [7, 11) is 1.56. The van der Waals surface area contributed by atoms with Gasteiger partial charge in [0.15, 0.2) is 0 Å². The quantitative estimate of drug-likeness (QED) is 0.730. The molecule has 0 fully saturated rings. The van der Waals surface area contributed by atoms with E-state index in [1.807, 2.05) is 0 Å². The minimum absolute atomic E-state index is 0.361. The normalized spacial score (nSPS) is 9.73. The standard InChI is InChI=1S/C7H9ClN2O/c1-11-7-2-5(8)4-10-6(7)3-9/h2,4H,3,9H2,1H3. The molecule has 1 aromatic rings. The fraction of sp³-hybridized carbons (Fsp3) is 0.286. The van der Waals surface area contributed by atoms with Crippen molar-refractivity contribution < 1.29 is 4.74 Å². The Morgan fingerprint density at radius 3 is 3.00 bits per heavy atom. The molecule has 0 spiro atoms. The summed E-state index contributed by atoms with van der Waals surface area (Å²) in [6, 6.07) is 1.69. The number of nitrogens with zero attached hydrogens (tertiary/aromatic N) is 1. The van der Waals surface area contributed by atoms with E-state index >= 15 is 0 Å². The Kier molecular flexibility index (Phi) is 2.68. The topological polar surface area (TPSA) is 48.1 Å². The third-order valence-electron chi connectivity index (χ3n) is 1.31. The van der Waals surface area contributed by atoms with E-state index in [9.17, 15) is 0 Å². The summed E-state index contributed by atoms with van der Waals surface area (Å²) in [5.74, 6) is 0.639. The fourth-order valence-electron chi connectivity index (χ4n) is 0.779. The maximum Gasteiger partial charge on any atom is 0.143 e. The number of methoxy groups -OCH3 is 1. The summed E-state index contributed by atoms with van der Waals surface area (Å²) in [4.78, 5) is 3.99. The molecular weight excluding hydrogens is 164 g/mol. The first-order valence-corrected chi connectivity index (χ1v) is 3.54. The van der Waals surface area contributed by atoms with Crippen molar-refractivity contribution in [3.05, 3.63) is 23.0 Å². The van der Waals surface area contributed by atoms with Gasteiger partial charge in [-0.25, -0.2) is 0 Å². The highest BCUT2D eigenvalue weighted by molar-refractivity contribution is 6.30. The molecule has 0 bridgehead atoms. The van der Waals surface area contributed by atoms with Crippen LogP contribution in [0.25, 0.3) is 0 Å². The van der Waals surface area contributed by atoms with Crippen molar-refractivity contribution in [2.75, 3.05) is 7.11 Å². The molecule has 0 radical (unpaired) electrons. The van der Waals surface area contributed by atoms with Gasteiger partial charge in [-0.2, -0.15) is 0 Å². The van der Waals surface area contributed by atoms with Crippen LogP contribution in [0.1, 0.15) is 5.69 Å². The molecule has 1 rings (SSSR count). The molecule has 0 aliphatic heterocycles. The molecule has 0 aromatic carbocycles. The number of aromatic nitrogens is 1. The largest absolute Gasteiger partial charge is 0.495 e. The Hall–Kier alpha value is -0.800. The molecule has 4 heteroatoms. The Labute approximate surface area is 70.1 Å². The van der Waals surface area contributed by atoms with E-state index in [0.717, 1.165) is 5.69 Å². The first kappa shape index (κ1) is 8.30. The molecule has 60 valence electrons. The van der Waals surface area contributed by atoms with Gasteiger partial charge < -0.3 is 10.5 Å². The first-order valence-electron chi connectivity index (χ1n) is 3.16. The van der Waals surface area contributed by atoms with Crippen molar-refractivity contribution >= 4 is 11.6 Å². The summed E-state index contributed by atoms with van der Waals surface area (Å²) in [5, 5.41) is 0.555. The molecule has 2 N–H and O–H groups in total. The third-order valence-corrected chi connectivity index (χ3v) is 1.52. The monoisotopic (exact) mass is 172 g/mol. The van der Waals surface area contributed by atoms with E-state index in [1.165, 1.54) is 0 Å². The summed E-state index contributed by atoms with van der Waals surface area (Å²) >= 11 is 5.67. The summed E-state index contributed by atoms with van der Waals surface area (Å²) < 4.78 is 4.99. The van der Waals surface area contributed by atoms with Crippen LogP contribution in [0.4, 0.5) is 0 Å². The van der Waals surface area contributed by atoms with Gasteiger partial charge in [0.25, 0.3) is 0 Å². The molecule has 0 saturated carbocycles. The van der Waals surface area contributed by atoms with E-state index in [2.05, 4.69) is 4.98 Å². The highest BCUT2D eigenvalue weighted by Crippen LogP contribution is 2.19. The summed E-state index contributed by atoms with van der Waals surface area (Å²) in [5.41, 5.74) is 6.11. The van der Waals surface area contributed by atoms with E-state index in [1.54, 1.807) is 19.4 Å². The predicted octanol–water partition coefficient (Wildman–Crippen LogP) is 1.20. The van der Waals surface area contributed by atoms with Crippen LogP contribution in [-0.4, -0.2) is 12.1 Å². The maximum absolute atomic E-state index is 5.67. The number of nitrogens with two attached hydrogens (primary N) is 1. The van der Waals surface area contributed by atoms with Crippen LogP contribution < -0.4 is 10.5 Å². The number of hydrogen-bond acceptors (Lipinski definition) is 3. The van der Waals surface area contributed by atoms with Crippen LogP contribution in [0.3, 0.4) is 0 Å². The zero-order chi connectivity index (χ0) is 8.27. The lowest BCUT2D eigenvalue weighted by Crippen LogP contribution is -2.02. The number of pyridine rings is 1. The van der Waals surface area contributed by atoms with E-state index in [4.69, 9.17) is 22.1 Å². The minimum Gasteiger partial charge on any atom is -0.495 e. The van der Waals surface area contributed by atoms with E-state index < -0.39 is 0 Å². The second-order valence-corrected chi connectivity index (χ2v) is 2.44. The molecule has 0 aliphatic rings. The molecule has 0 aliphatic carbocycles. The average Bonchev–Trinajstić information content (AvgIpc) is 2.04. The lowest BCUT2D eigenvalue weighted by atomic mass is 10.3. The summed E-state index contributed by atoms with van der Waals surface area (Å²) in [6.45, 7) is 0.361. The van der Waals surface area contributed by atoms with Crippen LogP contribution in [-0.2, 0) is 6.54 Å². The lowest BCUT2D eigenvalue weighted by molar-refractivity contribution is 0.407. The third kappa shape index (κ3) is 1.82. The zero-order valence-corrected chi connectivity index (χ0v) is 6.93. The van der Waals surface area contributed by atoms with Crippen molar-refractivity contribution in [3.63, 3.8) is 0 Å². The van der Waals surface area contributed by atoms with Crippen LogP contribution in [0.5, 0.6) is 5.75 Å².